The molecule has 0 aliphatic heterocycles. The lowest BCUT2D eigenvalue weighted by atomic mass is 9.85. The Morgan fingerprint density at radius 2 is 1.41 bits per heavy atom. The molecule has 1 N–H and O–H groups in total. The van der Waals surface area contributed by atoms with Crippen LogP contribution in [0.3, 0.4) is 0 Å². The van der Waals surface area contributed by atoms with Crippen LogP contribution in [-0.2, 0) is 14.8 Å². The molecule has 1 aliphatic rings. The van der Waals surface area contributed by atoms with Gasteiger partial charge in [-0.2, -0.15) is 4.31 Å². The Kier molecular flexibility index (Phi) is 8.83. The zero-order valence-electron chi connectivity index (χ0n) is 22.0. The van der Waals surface area contributed by atoms with Gasteiger partial charge in [0.15, 0.2) is 0 Å². The summed E-state index contributed by atoms with van der Waals surface area (Å²) >= 11 is 0. The first-order valence-electron chi connectivity index (χ1n) is 13.2. The first kappa shape index (κ1) is 27.1. The van der Waals surface area contributed by atoms with Gasteiger partial charge in [-0.05, 0) is 75.6 Å². The van der Waals surface area contributed by atoms with Crippen molar-refractivity contribution < 1.29 is 13.2 Å². The summed E-state index contributed by atoms with van der Waals surface area (Å²) in [5.41, 5.74) is 3.18. The number of hydrogen-bond donors (Lipinski definition) is 1. The molecule has 196 valence electrons. The largest absolute Gasteiger partial charge is 0.353 e. The molecule has 3 aromatic carbocycles. The number of aryl methyl sites for hydroxylation is 1. The summed E-state index contributed by atoms with van der Waals surface area (Å²) in [5.74, 6) is 0.0992. The maximum absolute atomic E-state index is 13.7. The summed E-state index contributed by atoms with van der Waals surface area (Å²) in [7, 11) is -3.66. The highest BCUT2D eigenvalue weighted by Gasteiger charge is 2.34. The van der Waals surface area contributed by atoms with Crippen molar-refractivity contribution in [1.82, 2.24) is 9.62 Å². The van der Waals surface area contributed by atoms with Gasteiger partial charge in [0.1, 0.15) is 0 Å². The number of nitrogens with zero attached hydrogens (tertiary/aromatic N) is 1. The van der Waals surface area contributed by atoms with Gasteiger partial charge in [-0.3, -0.25) is 4.79 Å². The van der Waals surface area contributed by atoms with Crippen LogP contribution < -0.4 is 5.32 Å². The number of sulfonamides is 1. The number of nitrogens with one attached hydrogen (secondary N) is 1. The second-order valence-electron chi connectivity index (χ2n) is 10.3. The van der Waals surface area contributed by atoms with Gasteiger partial charge in [0.05, 0.1) is 10.8 Å². The standard InChI is InChI=1S/C31H38N2O3S/c1-23-14-18-27(19-15-23)24(2)31(34)32-29-20-16-26(17-21-29)22-33(25(3)28-10-6-4-7-11-28)37(35,36)30-12-8-5-9-13-30/h4-15,18-19,24-26,29H,16-17,20-22H2,1-3H3,(H,32,34)/t24-,25+,26?,29?/m0/s1. The van der Waals surface area contributed by atoms with Crippen molar-refractivity contribution in [1.29, 1.82) is 0 Å². The van der Waals surface area contributed by atoms with E-state index in [9.17, 15) is 13.2 Å². The average Bonchev–Trinajstić information content (AvgIpc) is 2.93. The topological polar surface area (TPSA) is 66.5 Å². The zero-order chi connectivity index (χ0) is 26.4. The molecule has 0 heterocycles. The second-order valence-corrected chi connectivity index (χ2v) is 12.2. The smallest absolute Gasteiger partial charge is 0.243 e. The Labute approximate surface area is 222 Å². The van der Waals surface area contributed by atoms with Gasteiger partial charge in [0.25, 0.3) is 0 Å². The van der Waals surface area contributed by atoms with E-state index in [4.69, 9.17) is 0 Å². The Balaban J connectivity index is 1.41. The molecule has 0 bridgehead atoms. The fourth-order valence-electron chi connectivity index (χ4n) is 5.17. The molecule has 4 rings (SSSR count). The number of benzene rings is 3. The molecule has 37 heavy (non-hydrogen) atoms. The molecule has 0 radical (unpaired) electrons. The fourth-order valence-corrected chi connectivity index (χ4v) is 6.88. The molecular formula is C31H38N2O3S. The predicted octanol–water partition coefficient (Wildman–Crippen LogP) is 6.23. The van der Waals surface area contributed by atoms with Crippen LogP contribution in [0.2, 0.25) is 0 Å². The summed E-state index contributed by atoms with van der Waals surface area (Å²) < 4.78 is 29.1. The number of rotatable bonds is 9. The molecule has 5 nitrogen and oxygen atoms in total. The summed E-state index contributed by atoms with van der Waals surface area (Å²) in [4.78, 5) is 13.2. The van der Waals surface area contributed by atoms with Crippen LogP contribution in [0.4, 0.5) is 0 Å². The van der Waals surface area contributed by atoms with Crippen molar-refractivity contribution in [3.63, 3.8) is 0 Å². The van der Waals surface area contributed by atoms with E-state index in [1.807, 2.05) is 81.4 Å². The van der Waals surface area contributed by atoms with E-state index in [1.165, 1.54) is 5.56 Å². The lowest BCUT2D eigenvalue weighted by Crippen LogP contribution is -2.42. The molecular weight excluding hydrogens is 480 g/mol. The van der Waals surface area contributed by atoms with Gasteiger partial charge in [-0.15, -0.1) is 0 Å². The van der Waals surface area contributed by atoms with Crippen molar-refractivity contribution >= 4 is 15.9 Å². The predicted molar refractivity (Wildman–Crippen MR) is 149 cm³/mol. The molecule has 1 fully saturated rings. The molecule has 0 aromatic heterocycles. The van der Waals surface area contributed by atoms with Crippen molar-refractivity contribution in [3.05, 3.63) is 102 Å². The van der Waals surface area contributed by atoms with E-state index in [1.54, 1.807) is 28.6 Å². The summed E-state index contributed by atoms with van der Waals surface area (Å²) in [6, 6.07) is 26.5. The third kappa shape index (κ3) is 6.68. The van der Waals surface area contributed by atoms with Gasteiger partial charge in [0, 0.05) is 18.6 Å². The van der Waals surface area contributed by atoms with Gasteiger partial charge in [0.2, 0.25) is 15.9 Å². The van der Waals surface area contributed by atoms with Gasteiger partial charge < -0.3 is 5.32 Å². The van der Waals surface area contributed by atoms with Gasteiger partial charge in [-0.1, -0.05) is 78.4 Å². The Morgan fingerprint density at radius 3 is 2.00 bits per heavy atom. The quantitative estimate of drug-likeness (QED) is 0.365. The van der Waals surface area contributed by atoms with Crippen LogP contribution in [0.5, 0.6) is 0 Å². The maximum Gasteiger partial charge on any atom is 0.243 e. The first-order valence-corrected chi connectivity index (χ1v) is 14.7. The highest BCUT2D eigenvalue weighted by Crippen LogP contribution is 2.33. The summed E-state index contributed by atoms with van der Waals surface area (Å²) in [6.45, 7) is 6.42. The van der Waals surface area contributed by atoms with Crippen LogP contribution in [0, 0.1) is 12.8 Å². The SMILES string of the molecule is Cc1ccc([C@H](C)C(=O)NC2CCC(CN([C@H](C)c3ccccc3)S(=O)(=O)c3ccccc3)CC2)cc1. The van der Waals surface area contributed by atoms with E-state index in [0.29, 0.717) is 11.4 Å². The highest BCUT2D eigenvalue weighted by molar-refractivity contribution is 7.89. The monoisotopic (exact) mass is 518 g/mol. The highest BCUT2D eigenvalue weighted by atomic mass is 32.2. The Morgan fingerprint density at radius 1 is 0.838 bits per heavy atom. The van der Waals surface area contributed by atoms with Crippen molar-refractivity contribution in [2.24, 2.45) is 5.92 Å². The van der Waals surface area contributed by atoms with Gasteiger partial charge in [-0.25, -0.2) is 8.42 Å². The summed E-state index contributed by atoms with van der Waals surface area (Å²) in [6.07, 6.45) is 3.48. The van der Waals surface area contributed by atoms with Crippen molar-refractivity contribution in [2.45, 2.75) is 69.4 Å². The van der Waals surface area contributed by atoms with E-state index in [0.717, 1.165) is 36.8 Å². The van der Waals surface area contributed by atoms with Gasteiger partial charge >= 0.3 is 0 Å². The molecule has 2 atom stereocenters. The third-order valence-electron chi connectivity index (χ3n) is 7.67. The molecule has 0 unspecified atom stereocenters. The lowest BCUT2D eigenvalue weighted by molar-refractivity contribution is -0.123. The fraction of sp³-hybridized carbons (Fsp3) is 0.387. The summed E-state index contributed by atoms with van der Waals surface area (Å²) in [5, 5.41) is 3.24. The molecule has 1 aliphatic carbocycles. The molecule has 3 aromatic rings. The van der Waals surface area contributed by atoms with E-state index in [2.05, 4.69) is 5.32 Å². The Bertz CT molecular complexity index is 1250. The molecule has 0 spiro atoms. The number of amides is 1. The molecule has 1 saturated carbocycles. The van der Waals surface area contributed by atoms with E-state index >= 15 is 0 Å². The zero-order valence-corrected chi connectivity index (χ0v) is 22.8. The second kappa shape index (κ2) is 12.1. The van der Waals surface area contributed by atoms with Crippen molar-refractivity contribution in [2.75, 3.05) is 6.54 Å². The van der Waals surface area contributed by atoms with Crippen LogP contribution in [0.15, 0.2) is 89.8 Å². The number of hydrogen-bond acceptors (Lipinski definition) is 3. The van der Waals surface area contributed by atoms with E-state index in [-0.39, 0.29) is 29.8 Å². The lowest BCUT2D eigenvalue weighted by Gasteiger charge is -2.35. The minimum Gasteiger partial charge on any atom is -0.353 e. The van der Waals surface area contributed by atoms with Crippen LogP contribution in [-0.4, -0.2) is 31.2 Å². The van der Waals surface area contributed by atoms with Crippen LogP contribution in [0.1, 0.15) is 68.2 Å². The maximum atomic E-state index is 13.7. The average molecular weight is 519 g/mol. The van der Waals surface area contributed by atoms with Crippen molar-refractivity contribution in [3.8, 4) is 0 Å². The van der Waals surface area contributed by atoms with Crippen LogP contribution >= 0.6 is 0 Å². The first-order chi connectivity index (χ1) is 17.8. The molecule has 1 amide bonds. The van der Waals surface area contributed by atoms with E-state index < -0.39 is 10.0 Å². The van der Waals surface area contributed by atoms with Crippen LogP contribution in [0.25, 0.3) is 0 Å². The third-order valence-corrected chi connectivity index (χ3v) is 9.62. The normalized spacial score (nSPS) is 19.8. The molecule has 0 saturated heterocycles. The molecule has 6 heteroatoms. The number of carbonyl (C=O) groups is 1. The minimum absolute atomic E-state index is 0.0540. The minimum atomic E-state index is -3.66. The number of carbonyl (C=O) groups excluding carboxylic acids is 1. The Hall–Kier alpha value is -2.96.